The van der Waals surface area contributed by atoms with Crippen LogP contribution in [0.2, 0.25) is 36.3 Å². The van der Waals surface area contributed by atoms with Crippen LogP contribution in [-0.2, 0) is 27.9 Å². The lowest BCUT2D eigenvalue weighted by atomic mass is 9.89. The highest BCUT2D eigenvalue weighted by atomic mass is 28.4. The molecule has 0 unspecified atom stereocenters. The Morgan fingerprint density at radius 1 is 0.935 bits per heavy atom. The Hall–Kier alpha value is -1.01. The van der Waals surface area contributed by atoms with Crippen LogP contribution < -0.4 is 0 Å². The normalized spacial score (nSPS) is 25.6. The number of aliphatic hydroxyl groups excluding tert-OH is 1. The van der Waals surface area contributed by atoms with Crippen LogP contribution in [0.4, 0.5) is 0 Å². The van der Waals surface area contributed by atoms with Crippen LogP contribution >= 0.6 is 0 Å². The third kappa shape index (κ3) is 6.50. The molecule has 1 N–H and O–H groups in total. The van der Waals surface area contributed by atoms with Gasteiger partial charge in [0.1, 0.15) is 24.4 Å². The third-order valence-corrected chi connectivity index (χ3v) is 15.7. The third-order valence-electron chi connectivity index (χ3n) is 6.81. The van der Waals surface area contributed by atoms with Crippen molar-refractivity contribution in [2.75, 3.05) is 7.11 Å². The zero-order chi connectivity index (χ0) is 24.6. The highest BCUT2D eigenvalue weighted by Crippen LogP contribution is 2.43. The molecule has 1 rings (SSSR count). The number of rotatable bonds is 6. The maximum absolute atomic E-state index is 12.7. The van der Waals surface area contributed by atoms with E-state index < -0.39 is 53.0 Å². The van der Waals surface area contributed by atoms with Crippen LogP contribution in [0.3, 0.4) is 0 Å². The summed E-state index contributed by atoms with van der Waals surface area (Å²) in [6, 6.07) is 0. The van der Waals surface area contributed by atoms with Gasteiger partial charge in [0.05, 0.1) is 12.7 Å². The van der Waals surface area contributed by atoms with E-state index in [1.165, 1.54) is 20.1 Å². The van der Waals surface area contributed by atoms with Gasteiger partial charge in [-0.1, -0.05) is 41.5 Å². The predicted octanol–water partition coefficient (Wildman–Crippen LogP) is 4.17. The maximum atomic E-state index is 12.7. The van der Waals surface area contributed by atoms with Crippen molar-refractivity contribution >= 4 is 28.6 Å². The van der Waals surface area contributed by atoms with Crippen LogP contribution in [0.25, 0.3) is 0 Å². The molecule has 0 radical (unpaired) electrons. The number of aliphatic hydroxyl groups is 1. The van der Waals surface area contributed by atoms with Crippen molar-refractivity contribution in [2.24, 2.45) is 0 Å². The molecule has 0 saturated carbocycles. The van der Waals surface area contributed by atoms with Crippen molar-refractivity contribution in [2.45, 2.75) is 109 Å². The second-order valence-electron chi connectivity index (χ2n) is 11.3. The van der Waals surface area contributed by atoms with Gasteiger partial charge in [-0.15, -0.1) is 0 Å². The minimum Gasteiger partial charge on any atom is -0.466 e. The lowest BCUT2D eigenvalue weighted by Gasteiger charge is -2.48. The van der Waals surface area contributed by atoms with E-state index in [9.17, 15) is 14.7 Å². The van der Waals surface area contributed by atoms with Gasteiger partial charge < -0.3 is 23.4 Å². The van der Waals surface area contributed by atoms with Crippen molar-refractivity contribution in [1.82, 2.24) is 0 Å². The molecule has 4 atom stereocenters. The molecule has 0 aromatic rings. The molecule has 31 heavy (non-hydrogen) atoms. The molecule has 0 aromatic carbocycles. The second kappa shape index (κ2) is 9.47. The molecule has 0 amide bonds. The molecule has 0 fully saturated rings. The van der Waals surface area contributed by atoms with Gasteiger partial charge in [0, 0.05) is 6.92 Å². The predicted molar refractivity (Wildman–Crippen MR) is 126 cm³/mol. The minimum absolute atomic E-state index is 0.132. The molecular weight excluding hydrogens is 432 g/mol. The van der Waals surface area contributed by atoms with Gasteiger partial charge in [-0.05, 0) is 42.3 Å². The summed E-state index contributed by atoms with van der Waals surface area (Å²) in [5.41, 5.74) is 0.215. The van der Waals surface area contributed by atoms with Crippen LogP contribution in [0.5, 0.6) is 0 Å². The number of esters is 2. The topological polar surface area (TPSA) is 91.3 Å². The fourth-order valence-corrected chi connectivity index (χ4v) is 5.33. The first kappa shape index (κ1) is 28.0. The van der Waals surface area contributed by atoms with Gasteiger partial charge in [-0.3, -0.25) is 4.79 Å². The molecule has 1 aliphatic carbocycles. The fourth-order valence-electron chi connectivity index (χ4n) is 2.78. The number of carbonyl (C=O) groups is 2. The first-order valence-corrected chi connectivity index (χ1v) is 16.6. The summed E-state index contributed by atoms with van der Waals surface area (Å²) < 4.78 is 23.6. The van der Waals surface area contributed by atoms with Gasteiger partial charge in [0.2, 0.25) is 0 Å². The Bertz CT molecular complexity index is 702. The summed E-state index contributed by atoms with van der Waals surface area (Å²) in [6.07, 6.45) is -2.47. The molecule has 7 nitrogen and oxygen atoms in total. The largest absolute Gasteiger partial charge is 0.466 e. The van der Waals surface area contributed by atoms with Crippen molar-refractivity contribution < 1.29 is 33.0 Å². The molecule has 0 spiro atoms. The van der Waals surface area contributed by atoms with Crippen molar-refractivity contribution in [3.63, 3.8) is 0 Å². The Morgan fingerprint density at radius 3 is 1.77 bits per heavy atom. The minimum atomic E-state index is -2.39. The first-order valence-electron chi connectivity index (χ1n) is 10.8. The molecule has 1 aliphatic rings. The van der Waals surface area contributed by atoms with Gasteiger partial charge in [0.25, 0.3) is 0 Å². The Labute approximate surface area is 189 Å². The molecular formula is C22H42O7Si2. The monoisotopic (exact) mass is 474 g/mol. The highest BCUT2D eigenvalue weighted by molar-refractivity contribution is 6.74. The summed E-state index contributed by atoms with van der Waals surface area (Å²) in [5.74, 6) is -1.14. The Balaban J connectivity index is 3.61. The SMILES string of the molecule is COC(=O)C1=C[C@@H](OC(C)=O)[C@@H](O)[C@H](O[Si](C)(C)C(C)(C)C)[C@@H]1O[Si](C)(C)C(C)(C)C. The number of methoxy groups -OCH3 is 1. The van der Waals surface area contributed by atoms with Crippen molar-refractivity contribution in [1.29, 1.82) is 0 Å². The van der Waals surface area contributed by atoms with Gasteiger partial charge in [-0.2, -0.15) is 0 Å². The summed E-state index contributed by atoms with van der Waals surface area (Å²) in [5, 5.41) is 10.9. The lowest BCUT2D eigenvalue weighted by molar-refractivity contribution is -0.158. The van der Waals surface area contributed by atoms with E-state index in [1.807, 2.05) is 0 Å². The van der Waals surface area contributed by atoms with Gasteiger partial charge in [0.15, 0.2) is 16.6 Å². The quantitative estimate of drug-likeness (QED) is 0.456. The lowest BCUT2D eigenvalue weighted by Crippen LogP contribution is -2.60. The molecule has 0 aromatic heterocycles. The summed E-state index contributed by atoms with van der Waals surface area (Å²) in [6.45, 7) is 22.2. The van der Waals surface area contributed by atoms with E-state index >= 15 is 0 Å². The van der Waals surface area contributed by atoms with Crippen molar-refractivity contribution in [3.05, 3.63) is 11.6 Å². The van der Waals surface area contributed by atoms with Crippen LogP contribution in [0.1, 0.15) is 48.5 Å². The molecule has 0 heterocycles. The number of carbonyl (C=O) groups excluding carboxylic acids is 2. The van der Waals surface area contributed by atoms with E-state index in [0.717, 1.165) is 0 Å². The van der Waals surface area contributed by atoms with E-state index in [1.54, 1.807) is 0 Å². The number of ether oxygens (including phenoxy) is 2. The standard InChI is InChI=1S/C22H42O7Si2/c1-14(23)27-16-13-15(20(25)26-8)18(28-30(9,10)21(2,3)4)19(17(16)24)29-31(11,12)22(5,6)7/h13,16-19,24H,1-12H3/t16-,17-,18-,19+/m1/s1. The molecule has 0 bridgehead atoms. The summed E-state index contributed by atoms with van der Waals surface area (Å²) >= 11 is 0. The van der Waals surface area contributed by atoms with Gasteiger partial charge >= 0.3 is 11.9 Å². The molecule has 0 aliphatic heterocycles. The fraction of sp³-hybridized carbons (Fsp3) is 0.818. The number of hydrogen-bond acceptors (Lipinski definition) is 7. The average molecular weight is 475 g/mol. The maximum Gasteiger partial charge on any atom is 0.336 e. The molecule has 0 saturated heterocycles. The van der Waals surface area contributed by atoms with E-state index in [2.05, 4.69) is 67.7 Å². The van der Waals surface area contributed by atoms with E-state index in [0.29, 0.717) is 0 Å². The smallest absolute Gasteiger partial charge is 0.336 e. The Morgan fingerprint density at radius 2 is 1.39 bits per heavy atom. The highest BCUT2D eigenvalue weighted by Gasteiger charge is 2.52. The van der Waals surface area contributed by atoms with Crippen LogP contribution in [0.15, 0.2) is 11.6 Å². The van der Waals surface area contributed by atoms with E-state index in [-0.39, 0.29) is 15.6 Å². The summed E-state index contributed by atoms with van der Waals surface area (Å²) in [7, 11) is -3.46. The van der Waals surface area contributed by atoms with Crippen LogP contribution in [-0.4, -0.2) is 65.2 Å². The summed E-state index contributed by atoms with van der Waals surface area (Å²) in [4.78, 5) is 24.4. The number of hydrogen-bond donors (Lipinski definition) is 1. The van der Waals surface area contributed by atoms with E-state index in [4.69, 9.17) is 18.3 Å². The van der Waals surface area contributed by atoms with Crippen LogP contribution in [0, 0.1) is 0 Å². The van der Waals surface area contributed by atoms with Crippen molar-refractivity contribution in [3.8, 4) is 0 Å². The first-order chi connectivity index (χ1) is 13.7. The Kier molecular flexibility index (Phi) is 8.56. The zero-order valence-corrected chi connectivity index (χ0v) is 23.3. The second-order valence-corrected chi connectivity index (χ2v) is 20.8. The zero-order valence-electron chi connectivity index (χ0n) is 21.3. The molecule has 9 heteroatoms. The van der Waals surface area contributed by atoms with Gasteiger partial charge in [-0.25, -0.2) is 4.79 Å². The average Bonchev–Trinajstić information content (AvgIpc) is 2.57. The molecule has 180 valence electrons.